The summed E-state index contributed by atoms with van der Waals surface area (Å²) in [4.78, 5) is 18.4. The van der Waals surface area contributed by atoms with Crippen molar-refractivity contribution in [3.63, 3.8) is 0 Å². The molecule has 2 heterocycles. The monoisotopic (exact) mass is 269 g/mol. The number of carbonyl (C=O) groups is 1. The first-order chi connectivity index (χ1) is 8.74. The summed E-state index contributed by atoms with van der Waals surface area (Å²) in [5.41, 5.74) is 6.04. The Labute approximate surface area is 111 Å². The Balaban J connectivity index is 1.99. The van der Waals surface area contributed by atoms with E-state index >= 15 is 0 Å². The molecule has 1 fully saturated rings. The van der Waals surface area contributed by atoms with Crippen LogP contribution in [0.25, 0.3) is 0 Å². The second kappa shape index (κ2) is 6.26. The molecule has 1 atom stereocenters. The van der Waals surface area contributed by atoms with Crippen LogP contribution < -0.4 is 5.73 Å². The highest BCUT2D eigenvalue weighted by atomic mass is 32.1. The Morgan fingerprint density at radius 2 is 2.56 bits per heavy atom. The molecule has 1 unspecified atom stereocenters. The van der Waals surface area contributed by atoms with E-state index in [9.17, 15) is 4.79 Å². The quantitative estimate of drug-likeness (QED) is 0.888. The Morgan fingerprint density at radius 3 is 3.22 bits per heavy atom. The number of aromatic nitrogens is 1. The maximum atomic E-state index is 12.3. The fourth-order valence-corrected chi connectivity index (χ4v) is 2.93. The Morgan fingerprint density at radius 1 is 1.72 bits per heavy atom. The van der Waals surface area contributed by atoms with E-state index in [0.717, 1.165) is 37.5 Å². The van der Waals surface area contributed by atoms with Gasteiger partial charge in [0.25, 0.3) is 5.91 Å². The number of nitrogens with zero attached hydrogens (tertiary/aromatic N) is 2. The van der Waals surface area contributed by atoms with Crippen LogP contribution >= 0.6 is 11.3 Å². The molecule has 0 aromatic carbocycles. The van der Waals surface area contributed by atoms with Gasteiger partial charge >= 0.3 is 0 Å². The molecular formula is C12H19N3O2S. The summed E-state index contributed by atoms with van der Waals surface area (Å²) < 4.78 is 5.17. The first-order valence-electron chi connectivity index (χ1n) is 6.17. The molecule has 5 nitrogen and oxygen atoms in total. The number of likely N-dealkylation sites (tertiary alicyclic amines) is 1. The maximum absolute atomic E-state index is 12.3. The lowest BCUT2D eigenvalue weighted by molar-refractivity contribution is 0.0566. The van der Waals surface area contributed by atoms with E-state index in [-0.39, 0.29) is 5.91 Å². The maximum Gasteiger partial charge on any atom is 0.273 e. The highest BCUT2D eigenvalue weighted by molar-refractivity contribution is 7.09. The molecule has 1 aromatic rings. The standard InChI is InChI=1S/C12H19N3O2S/c1-17-7-9-3-2-4-15(6-9)12(16)10-8-18-11(5-13)14-10/h8-9H,2-7,13H2,1H3. The first kappa shape index (κ1) is 13.5. The molecule has 1 amide bonds. The second-order valence-corrected chi connectivity index (χ2v) is 5.49. The third-order valence-electron chi connectivity index (χ3n) is 3.15. The number of ether oxygens (including phenoxy) is 1. The van der Waals surface area contributed by atoms with Crippen molar-refractivity contribution >= 4 is 17.2 Å². The summed E-state index contributed by atoms with van der Waals surface area (Å²) in [6.45, 7) is 2.69. The zero-order chi connectivity index (χ0) is 13.0. The lowest BCUT2D eigenvalue weighted by Gasteiger charge is -2.31. The number of hydrogen-bond acceptors (Lipinski definition) is 5. The summed E-state index contributed by atoms with van der Waals surface area (Å²) in [6.07, 6.45) is 2.16. The van der Waals surface area contributed by atoms with Gasteiger partial charge in [0, 0.05) is 32.1 Å². The fourth-order valence-electron chi connectivity index (χ4n) is 2.29. The molecule has 1 aliphatic rings. The molecule has 0 spiro atoms. The van der Waals surface area contributed by atoms with Crippen molar-refractivity contribution in [2.24, 2.45) is 11.7 Å². The van der Waals surface area contributed by atoms with E-state index in [2.05, 4.69) is 4.98 Å². The minimum atomic E-state index is 0.0201. The molecule has 0 saturated carbocycles. The number of amides is 1. The predicted molar refractivity (Wildman–Crippen MR) is 70.5 cm³/mol. The van der Waals surface area contributed by atoms with Gasteiger partial charge in [-0.1, -0.05) is 0 Å². The van der Waals surface area contributed by atoms with Gasteiger partial charge in [0.05, 0.1) is 6.61 Å². The normalized spacial score (nSPS) is 20.1. The Bertz CT molecular complexity index is 406. The Kier molecular flexibility index (Phi) is 4.68. The average Bonchev–Trinajstić information content (AvgIpc) is 2.87. The second-order valence-electron chi connectivity index (χ2n) is 4.55. The fraction of sp³-hybridized carbons (Fsp3) is 0.667. The van der Waals surface area contributed by atoms with Gasteiger partial charge in [0.2, 0.25) is 0 Å². The van der Waals surface area contributed by atoms with Crippen LogP contribution in [0.2, 0.25) is 0 Å². The molecule has 0 aliphatic carbocycles. The van der Waals surface area contributed by atoms with Gasteiger partial charge in [-0.25, -0.2) is 4.98 Å². The number of thiazole rings is 1. The van der Waals surface area contributed by atoms with Crippen molar-refractivity contribution in [2.45, 2.75) is 19.4 Å². The van der Waals surface area contributed by atoms with Crippen LogP contribution in [0.3, 0.4) is 0 Å². The van der Waals surface area contributed by atoms with E-state index in [0.29, 0.717) is 18.2 Å². The number of hydrogen-bond donors (Lipinski definition) is 1. The van der Waals surface area contributed by atoms with Crippen molar-refractivity contribution in [3.8, 4) is 0 Å². The number of carbonyl (C=O) groups excluding carboxylic acids is 1. The molecule has 2 N–H and O–H groups in total. The topological polar surface area (TPSA) is 68.5 Å². The summed E-state index contributed by atoms with van der Waals surface area (Å²) in [5.74, 6) is 0.465. The predicted octanol–water partition coefficient (Wildman–Crippen LogP) is 1.10. The zero-order valence-corrected chi connectivity index (χ0v) is 11.4. The van der Waals surface area contributed by atoms with Crippen molar-refractivity contribution < 1.29 is 9.53 Å². The largest absolute Gasteiger partial charge is 0.384 e. The van der Waals surface area contributed by atoms with Gasteiger partial charge in [-0.05, 0) is 18.8 Å². The van der Waals surface area contributed by atoms with Crippen LogP contribution in [0.5, 0.6) is 0 Å². The van der Waals surface area contributed by atoms with Crippen molar-refractivity contribution in [1.29, 1.82) is 0 Å². The molecule has 6 heteroatoms. The van der Waals surface area contributed by atoms with Gasteiger partial charge in [0.1, 0.15) is 10.7 Å². The smallest absolute Gasteiger partial charge is 0.273 e. The number of rotatable bonds is 4. The minimum Gasteiger partial charge on any atom is -0.384 e. The minimum absolute atomic E-state index is 0.0201. The summed E-state index contributed by atoms with van der Waals surface area (Å²) in [6, 6.07) is 0. The molecule has 1 aromatic heterocycles. The number of methoxy groups -OCH3 is 1. The molecule has 0 bridgehead atoms. The Hall–Kier alpha value is -0.980. The molecule has 2 rings (SSSR count). The summed E-state index contributed by atoms with van der Waals surface area (Å²) >= 11 is 1.44. The third-order valence-corrected chi connectivity index (χ3v) is 4.03. The summed E-state index contributed by atoms with van der Waals surface area (Å²) in [7, 11) is 1.70. The van der Waals surface area contributed by atoms with Crippen LogP contribution in [0.15, 0.2) is 5.38 Å². The van der Waals surface area contributed by atoms with E-state index in [4.69, 9.17) is 10.5 Å². The van der Waals surface area contributed by atoms with Crippen LogP contribution in [0.4, 0.5) is 0 Å². The van der Waals surface area contributed by atoms with Crippen LogP contribution in [-0.2, 0) is 11.3 Å². The van der Waals surface area contributed by atoms with Crippen LogP contribution in [-0.4, -0.2) is 42.6 Å². The van der Waals surface area contributed by atoms with E-state index in [1.807, 2.05) is 4.90 Å². The first-order valence-corrected chi connectivity index (χ1v) is 7.05. The lowest BCUT2D eigenvalue weighted by Crippen LogP contribution is -2.41. The van der Waals surface area contributed by atoms with Crippen molar-refractivity contribution in [1.82, 2.24) is 9.88 Å². The van der Waals surface area contributed by atoms with Crippen LogP contribution in [0.1, 0.15) is 28.3 Å². The SMILES string of the molecule is COCC1CCCN(C(=O)c2csc(CN)n2)C1. The van der Waals surface area contributed by atoms with E-state index in [1.165, 1.54) is 11.3 Å². The molecule has 100 valence electrons. The van der Waals surface area contributed by atoms with Gasteiger partial charge in [-0.15, -0.1) is 11.3 Å². The molecule has 1 saturated heterocycles. The highest BCUT2D eigenvalue weighted by Crippen LogP contribution is 2.19. The summed E-state index contributed by atoms with van der Waals surface area (Å²) in [5, 5.41) is 2.61. The average molecular weight is 269 g/mol. The van der Waals surface area contributed by atoms with Crippen molar-refractivity contribution in [3.05, 3.63) is 16.1 Å². The molecule has 18 heavy (non-hydrogen) atoms. The van der Waals surface area contributed by atoms with Gasteiger partial charge in [-0.2, -0.15) is 0 Å². The molecular weight excluding hydrogens is 250 g/mol. The van der Waals surface area contributed by atoms with Gasteiger partial charge in [0.15, 0.2) is 0 Å². The van der Waals surface area contributed by atoms with E-state index in [1.54, 1.807) is 12.5 Å². The van der Waals surface area contributed by atoms with E-state index < -0.39 is 0 Å². The lowest BCUT2D eigenvalue weighted by atomic mass is 9.99. The zero-order valence-electron chi connectivity index (χ0n) is 10.6. The number of piperidine rings is 1. The highest BCUT2D eigenvalue weighted by Gasteiger charge is 2.25. The van der Waals surface area contributed by atoms with Gasteiger partial charge in [-0.3, -0.25) is 4.79 Å². The van der Waals surface area contributed by atoms with Crippen LogP contribution in [0, 0.1) is 5.92 Å². The third kappa shape index (κ3) is 3.07. The van der Waals surface area contributed by atoms with Gasteiger partial charge < -0.3 is 15.4 Å². The molecule has 0 radical (unpaired) electrons. The van der Waals surface area contributed by atoms with Crippen molar-refractivity contribution in [2.75, 3.05) is 26.8 Å². The number of nitrogens with two attached hydrogens (primary N) is 1. The molecule has 1 aliphatic heterocycles.